The molecule has 0 spiro atoms. The van der Waals surface area contributed by atoms with Crippen LogP contribution in [-0.4, -0.2) is 24.5 Å². The van der Waals surface area contributed by atoms with Crippen LogP contribution in [0.25, 0.3) is 0 Å². The fourth-order valence-corrected chi connectivity index (χ4v) is 3.22. The number of hydrogen-bond acceptors (Lipinski definition) is 3. The first-order chi connectivity index (χ1) is 11.1. The number of carbonyl (C=O) groups excluding carboxylic acids is 2. The third kappa shape index (κ3) is 2.25. The van der Waals surface area contributed by atoms with Gasteiger partial charge in [0.15, 0.2) is 6.61 Å². The molecule has 4 rings (SSSR count). The van der Waals surface area contributed by atoms with Crippen molar-refractivity contribution in [3.63, 3.8) is 0 Å². The molecule has 1 atom stereocenters. The quantitative estimate of drug-likeness (QED) is 0.881. The third-order valence-corrected chi connectivity index (χ3v) is 4.29. The van der Waals surface area contributed by atoms with E-state index in [1.807, 2.05) is 30.0 Å². The van der Waals surface area contributed by atoms with E-state index in [9.17, 15) is 9.59 Å². The molecule has 5 heteroatoms. The van der Waals surface area contributed by atoms with Crippen molar-refractivity contribution >= 4 is 23.2 Å². The lowest BCUT2D eigenvalue weighted by atomic mass is 10.1. The minimum Gasteiger partial charge on any atom is -0.482 e. The van der Waals surface area contributed by atoms with Crippen LogP contribution < -0.4 is 15.0 Å². The third-order valence-electron chi connectivity index (χ3n) is 4.29. The Labute approximate surface area is 133 Å². The van der Waals surface area contributed by atoms with E-state index in [4.69, 9.17) is 4.74 Å². The molecule has 2 aromatic rings. The smallest absolute Gasteiger partial charge is 0.262 e. The molecule has 0 saturated heterocycles. The first-order valence-corrected chi connectivity index (χ1v) is 7.61. The van der Waals surface area contributed by atoms with Gasteiger partial charge in [0.1, 0.15) is 5.75 Å². The molecule has 0 aromatic heterocycles. The number of hydrogen-bond donors (Lipinski definition) is 1. The van der Waals surface area contributed by atoms with Gasteiger partial charge in [0, 0.05) is 17.3 Å². The molecule has 2 aliphatic heterocycles. The summed E-state index contributed by atoms with van der Waals surface area (Å²) in [6.07, 6.45) is 0.861. The van der Waals surface area contributed by atoms with Gasteiger partial charge in [-0.15, -0.1) is 0 Å². The number of nitrogens with one attached hydrogen (secondary N) is 1. The molecule has 0 fully saturated rings. The van der Waals surface area contributed by atoms with E-state index < -0.39 is 0 Å². The second-order valence-electron chi connectivity index (χ2n) is 5.90. The van der Waals surface area contributed by atoms with Gasteiger partial charge in [-0.25, -0.2) is 0 Å². The van der Waals surface area contributed by atoms with Crippen LogP contribution in [0.4, 0.5) is 11.4 Å². The number of carbonyl (C=O) groups is 2. The summed E-state index contributed by atoms with van der Waals surface area (Å²) in [6.45, 7) is 2.03. The van der Waals surface area contributed by atoms with Crippen molar-refractivity contribution in [2.45, 2.75) is 19.4 Å². The topological polar surface area (TPSA) is 58.6 Å². The van der Waals surface area contributed by atoms with Gasteiger partial charge in [0.25, 0.3) is 11.8 Å². The zero-order valence-electron chi connectivity index (χ0n) is 12.7. The summed E-state index contributed by atoms with van der Waals surface area (Å²) in [7, 11) is 0. The highest BCUT2D eigenvalue weighted by molar-refractivity contribution is 6.08. The van der Waals surface area contributed by atoms with Crippen molar-refractivity contribution in [2.75, 3.05) is 16.8 Å². The average Bonchev–Trinajstić information content (AvgIpc) is 2.89. The van der Waals surface area contributed by atoms with Crippen LogP contribution in [0.15, 0.2) is 42.5 Å². The van der Waals surface area contributed by atoms with E-state index in [0.29, 0.717) is 17.0 Å². The zero-order chi connectivity index (χ0) is 16.0. The molecule has 5 nitrogen and oxygen atoms in total. The van der Waals surface area contributed by atoms with Gasteiger partial charge in [0.2, 0.25) is 0 Å². The summed E-state index contributed by atoms with van der Waals surface area (Å²) in [6, 6.07) is 13.2. The van der Waals surface area contributed by atoms with E-state index in [0.717, 1.165) is 12.1 Å². The van der Waals surface area contributed by atoms with Crippen LogP contribution in [0.5, 0.6) is 5.75 Å². The number of benzene rings is 2. The number of ether oxygens (including phenoxy) is 1. The Balaban J connectivity index is 1.69. The molecule has 0 bridgehead atoms. The predicted octanol–water partition coefficient (Wildman–Crippen LogP) is 2.61. The summed E-state index contributed by atoms with van der Waals surface area (Å²) in [5.74, 6) is 0.306. The molecule has 1 N–H and O–H groups in total. The lowest BCUT2D eigenvalue weighted by Crippen LogP contribution is -2.35. The lowest BCUT2D eigenvalue weighted by molar-refractivity contribution is -0.118. The second-order valence-corrected chi connectivity index (χ2v) is 5.90. The zero-order valence-corrected chi connectivity index (χ0v) is 12.7. The first-order valence-electron chi connectivity index (χ1n) is 7.61. The molecule has 2 heterocycles. The summed E-state index contributed by atoms with van der Waals surface area (Å²) in [5, 5.41) is 2.73. The molecular weight excluding hydrogens is 292 g/mol. The molecule has 2 aliphatic rings. The van der Waals surface area contributed by atoms with Crippen LogP contribution in [0.1, 0.15) is 22.8 Å². The second kappa shape index (κ2) is 5.12. The maximum atomic E-state index is 13.0. The van der Waals surface area contributed by atoms with E-state index in [-0.39, 0.29) is 24.5 Å². The summed E-state index contributed by atoms with van der Waals surface area (Å²) >= 11 is 0. The number of anilines is 2. The monoisotopic (exact) mass is 308 g/mol. The predicted molar refractivity (Wildman–Crippen MR) is 87.0 cm³/mol. The average molecular weight is 308 g/mol. The molecule has 2 amide bonds. The van der Waals surface area contributed by atoms with Crippen molar-refractivity contribution in [1.82, 2.24) is 0 Å². The number of nitrogens with zero attached hydrogens (tertiary/aromatic N) is 1. The number of rotatable bonds is 1. The van der Waals surface area contributed by atoms with Crippen LogP contribution in [0.2, 0.25) is 0 Å². The van der Waals surface area contributed by atoms with Crippen LogP contribution in [-0.2, 0) is 11.2 Å². The molecule has 2 aromatic carbocycles. The highest BCUT2D eigenvalue weighted by Gasteiger charge is 2.31. The molecule has 23 heavy (non-hydrogen) atoms. The Bertz CT molecular complexity index is 816. The minimum atomic E-state index is -0.182. The number of para-hydroxylation sites is 1. The fraction of sp³-hybridized carbons (Fsp3) is 0.222. The molecule has 116 valence electrons. The molecule has 0 aliphatic carbocycles. The SMILES string of the molecule is C[C@H]1Cc2ccccc2N1C(=O)c1ccc2c(c1)OCC(=O)N2. The van der Waals surface area contributed by atoms with Gasteiger partial charge in [-0.1, -0.05) is 18.2 Å². The van der Waals surface area contributed by atoms with E-state index in [2.05, 4.69) is 11.4 Å². The van der Waals surface area contributed by atoms with Crippen molar-refractivity contribution in [2.24, 2.45) is 0 Å². The van der Waals surface area contributed by atoms with Gasteiger partial charge in [-0.2, -0.15) is 0 Å². The summed E-state index contributed by atoms with van der Waals surface area (Å²) in [5.41, 5.74) is 3.32. The highest BCUT2D eigenvalue weighted by atomic mass is 16.5. The molecule has 0 saturated carbocycles. The lowest BCUT2D eigenvalue weighted by Gasteiger charge is -2.24. The Morgan fingerprint density at radius 3 is 2.96 bits per heavy atom. The number of fused-ring (bicyclic) bond motifs is 2. The van der Waals surface area contributed by atoms with Crippen LogP contribution in [0, 0.1) is 0 Å². The van der Waals surface area contributed by atoms with E-state index in [1.165, 1.54) is 5.56 Å². The summed E-state index contributed by atoms with van der Waals surface area (Å²) in [4.78, 5) is 26.1. The van der Waals surface area contributed by atoms with Crippen molar-refractivity contribution in [3.8, 4) is 5.75 Å². The summed E-state index contributed by atoms with van der Waals surface area (Å²) < 4.78 is 5.40. The van der Waals surface area contributed by atoms with Gasteiger partial charge < -0.3 is 15.0 Å². The Hall–Kier alpha value is -2.82. The first kappa shape index (κ1) is 13.8. The molecule has 0 radical (unpaired) electrons. The van der Waals surface area contributed by atoms with Crippen molar-refractivity contribution in [3.05, 3.63) is 53.6 Å². The van der Waals surface area contributed by atoms with E-state index in [1.54, 1.807) is 18.2 Å². The normalized spacial score (nSPS) is 18.7. The maximum absolute atomic E-state index is 13.0. The maximum Gasteiger partial charge on any atom is 0.262 e. The largest absolute Gasteiger partial charge is 0.482 e. The van der Waals surface area contributed by atoms with Gasteiger partial charge in [-0.05, 0) is 43.2 Å². The Morgan fingerprint density at radius 2 is 2.09 bits per heavy atom. The van der Waals surface area contributed by atoms with Crippen molar-refractivity contribution < 1.29 is 14.3 Å². The Morgan fingerprint density at radius 1 is 1.26 bits per heavy atom. The van der Waals surface area contributed by atoms with Crippen LogP contribution in [0.3, 0.4) is 0 Å². The molecule has 0 unspecified atom stereocenters. The van der Waals surface area contributed by atoms with Crippen molar-refractivity contribution in [1.29, 1.82) is 0 Å². The van der Waals surface area contributed by atoms with E-state index >= 15 is 0 Å². The Kier molecular flexibility index (Phi) is 3.08. The molecular formula is C18H16N2O3. The highest BCUT2D eigenvalue weighted by Crippen LogP contribution is 2.35. The van der Waals surface area contributed by atoms with Crippen LogP contribution >= 0.6 is 0 Å². The van der Waals surface area contributed by atoms with Gasteiger partial charge in [-0.3, -0.25) is 9.59 Å². The number of amides is 2. The fourth-order valence-electron chi connectivity index (χ4n) is 3.22. The van der Waals surface area contributed by atoms with Gasteiger partial charge >= 0.3 is 0 Å². The van der Waals surface area contributed by atoms with Gasteiger partial charge in [0.05, 0.1) is 5.69 Å². The standard InChI is InChI=1S/C18H16N2O3/c1-11-8-12-4-2-3-5-15(12)20(11)18(22)13-6-7-14-16(9-13)23-10-17(21)19-14/h2-7,9,11H,8,10H2,1H3,(H,19,21)/t11-/m0/s1. The minimum absolute atomic E-state index is 0.0202.